The summed E-state index contributed by atoms with van der Waals surface area (Å²) in [7, 11) is 1.34. The topological polar surface area (TPSA) is 70.8 Å². The Bertz CT molecular complexity index is 1120. The van der Waals surface area contributed by atoms with Crippen molar-refractivity contribution in [2.75, 3.05) is 6.61 Å². The van der Waals surface area contributed by atoms with Gasteiger partial charge in [0, 0.05) is 12.6 Å². The Hall–Kier alpha value is -2.50. The third kappa shape index (κ3) is 5.23. The SMILES string of the molecule is CCO/N=C/c1nc(C)sc1Oc1cc(-c2nn(C)c(OC(F)F)c2Cl)c(F)cc1Cl. The highest BCUT2D eigenvalue weighted by Gasteiger charge is 2.24. The number of hydrogen-bond acceptors (Lipinski definition) is 7. The summed E-state index contributed by atoms with van der Waals surface area (Å²) in [4.78, 5) is 9.22. The van der Waals surface area contributed by atoms with Crippen molar-refractivity contribution in [3.63, 3.8) is 0 Å². The Kier molecular flexibility index (Phi) is 7.29. The van der Waals surface area contributed by atoms with Gasteiger partial charge in [0.1, 0.15) is 34.6 Å². The maximum Gasteiger partial charge on any atom is 0.388 e. The summed E-state index contributed by atoms with van der Waals surface area (Å²) in [5.74, 6) is -1.11. The Morgan fingerprint density at radius 2 is 2.06 bits per heavy atom. The van der Waals surface area contributed by atoms with E-state index in [9.17, 15) is 13.2 Å². The number of rotatable bonds is 8. The summed E-state index contributed by atoms with van der Waals surface area (Å²) in [6.45, 7) is 0.804. The highest BCUT2D eigenvalue weighted by molar-refractivity contribution is 7.13. The maximum absolute atomic E-state index is 14.6. The Morgan fingerprint density at radius 1 is 1.32 bits per heavy atom. The minimum absolute atomic E-state index is 0.0314. The number of oxime groups is 1. The van der Waals surface area contributed by atoms with E-state index < -0.39 is 18.3 Å². The second-order valence-corrected chi connectivity index (χ2v) is 7.84. The van der Waals surface area contributed by atoms with Crippen molar-refractivity contribution < 1.29 is 27.5 Å². The van der Waals surface area contributed by atoms with Crippen LogP contribution in [0.15, 0.2) is 17.3 Å². The Morgan fingerprint density at radius 3 is 2.74 bits per heavy atom. The van der Waals surface area contributed by atoms with E-state index in [-0.39, 0.29) is 27.1 Å². The molecule has 0 aliphatic heterocycles. The quantitative estimate of drug-likeness (QED) is 0.281. The normalized spacial score (nSPS) is 11.5. The van der Waals surface area contributed by atoms with Crippen LogP contribution >= 0.6 is 34.5 Å². The van der Waals surface area contributed by atoms with Gasteiger partial charge in [-0.15, -0.1) is 0 Å². The van der Waals surface area contributed by atoms with Gasteiger partial charge in [0.15, 0.2) is 0 Å². The number of aryl methyl sites for hydroxylation is 2. The van der Waals surface area contributed by atoms with E-state index in [1.807, 2.05) is 0 Å². The molecule has 31 heavy (non-hydrogen) atoms. The molecule has 3 aromatic rings. The van der Waals surface area contributed by atoms with E-state index in [0.29, 0.717) is 22.4 Å². The number of alkyl halides is 2. The zero-order valence-corrected chi connectivity index (χ0v) is 18.7. The molecule has 0 aliphatic rings. The molecule has 0 amide bonds. The molecular formula is C18H15Cl2F3N4O3S. The number of thiazole rings is 1. The fourth-order valence-electron chi connectivity index (χ4n) is 2.50. The zero-order valence-electron chi connectivity index (χ0n) is 16.3. The van der Waals surface area contributed by atoms with E-state index >= 15 is 0 Å². The molecule has 0 atom stereocenters. The van der Waals surface area contributed by atoms with E-state index in [2.05, 4.69) is 20.0 Å². The van der Waals surface area contributed by atoms with Crippen molar-refractivity contribution in [2.24, 2.45) is 12.2 Å². The molecule has 0 N–H and O–H groups in total. The summed E-state index contributed by atoms with van der Waals surface area (Å²) in [6, 6.07) is 2.27. The Labute approximate surface area is 188 Å². The molecule has 2 heterocycles. The average Bonchev–Trinajstić information content (AvgIpc) is 3.17. The second kappa shape index (κ2) is 9.75. The van der Waals surface area contributed by atoms with Crippen LogP contribution in [0, 0.1) is 12.7 Å². The predicted octanol–water partition coefficient (Wildman–Crippen LogP) is 6.06. The number of benzene rings is 1. The van der Waals surface area contributed by atoms with Gasteiger partial charge in [-0.2, -0.15) is 13.9 Å². The summed E-state index contributed by atoms with van der Waals surface area (Å²) in [6.07, 6.45) is 1.38. The molecular weight excluding hydrogens is 480 g/mol. The van der Waals surface area contributed by atoms with Gasteiger partial charge in [0.25, 0.3) is 0 Å². The molecule has 166 valence electrons. The van der Waals surface area contributed by atoms with Crippen molar-refractivity contribution in [3.05, 3.63) is 38.7 Å². The second-order valence-electron chi connectivity index (χ2n) is 5.89. The van der Waals surface area contributed by atoms with Crippen molar-refractivity contribution >= 4 is 40.8 Å². The molecule has 2 aromatic heterocycles. The lowest BCUT2D eigenvalue weighted by Gasteiger charge is -2.09. The molecule has 0 aliphatic carbocycles. The molecule has 0 saturated carbocycles. The van der Waals surface area contributed by atoms with Gasteiger partial charge in [-0.25, -0.2) is 14.1 Å². The van der Waals surface area contributed by atoms with Gasteiger partial charge in [0.05, 0.1) is 16.2 Å². The molecule has 0 radical (unpaired) electrons. The monoisotopic (exact) mass is 494 g/mol. The van der Waals surface area contributed by atoms with Crippen molar-refractivity contribution in [1.29, 1.82) is 0 Å². The Balaban J connectivity index is 2.01. The van der Waals surface area contributed by atoms with Gasteiger partial charge < -0.3 is 14.3 Å². The average molecular weight is 495 g/mol. The summed E-state index contributed by atoms with van der Waals surface area (Å²) >= 11 is 13.5. The van der Waals surface area contributed by atoms with Crippen LogP contribution < -0.4 is 9.47 Å². The van der Waals surface area contributed by atoms with Crippen molar-refractivity contribution in [1.82, 2.24) is 14.8 Å². The van der Waals surface area contributed by atoms with Crippen LogP contribution in [0.3, 0.4) is 0 Å². The molecule has 0 spiro atoms. The number of hydrogen-bond donors (Lipinski definition) is 0. The predicted molar refractivity (Wildman–Crippen MR) is 111 cm³/mol. The molecule has 3 rings (SSSR count). The third-order valence-electron chi connectivity index (χ3n) is 3.73. The van der Waals surface area contributed by atoms with E-state index in [1.54, 1.807) is 13.8 Å². The van der Waals surface area contributed by atoms with Gasteiger partial charge in [-0.3, -0.25) is 0 Å². The van der Waals surface area contributed by atoms with Gasteiger partial charge in [-0.05, 0) is 26.0 Å². The van der Waals surface area contributed by atoms with Crippen LogP contribution in [-0.4, -0.2) is 34.2 Å². The first-order valence-electron chi connectivity index (χ1n) is 8.68. The van der Waals surface area contributed by atoms with Gasteiger partial charge >= 0.3 is 6.61 Å². The van der Waals surface area contributed by atoms with Crippen LogP contribution in [0.1, 0.15) is 17.6 Å². The van der Waals surface area contributed by atoms with E-state index in [4.69, 9.17) is 32.8 Å². The summed E-state index contributed by atoms with van der Waals surface area (Å²) < 4.78 is 51.1. The number of ether oxygens (including phenoxy) is 2. The standard InChI is InChI=1S/C18H15Cl2F3N4O3S/c1-4-28-24-7-12-17(31-8(2)25-12)29-13-5-9(11(21)6-10(13)19)15-14(20)16(27(3)26-15)30-18(22)23/h5-7,18H,4H2,1-3H3/b24-7+. The first-order valence-corrected chi connectivity index (χ1v) is 10.3. The zero-order chi connectivity index (χ0) is 22.7. The lowest BCUT2D eigenvalue weighted by Crippen LogP contribution is -2.06. The highest BCUT2D eigenvalue weighted by atomic mass is 35.5. The number of nitrogens with zero attached hydrogens (tertiary/aromatic N) is 4. The van der Waals surface area contributed by atoms with Gasteiger partial charge in [0.2, 0.25) is 10.9 Å². The lowest BCUT2D eigenvalue weighted by molar-refractivity contribution is -0.0552. The number of aromatic nitrogens is 3. The van der Waals surface area contributed by atoms with Crippen LogP contribution in [0.5, 0.6) is 16.7 Å². The van der Waals surface area contributed by atoms with E-state index in [1.165, 1.54) is 30.7 Å². The molecule has 0 unspecified atom stereocenters. The molecule has 7 nitrogen and oxygen atoms in total. The summed E-state index contributed by atoms with van der Waals surface area (Å²) in [5, 5.41) is 8.46. The van der Waals surface area contributed by atoms with Crippen LogP contribution in [0.25, 0.3) is 11.3 Å². The minimum Gasteiger partial charge on any atom is -0.443 e. The fraction of sp³-hybridized carbons (Fsp3) is 0.278. The molecule has 0 saturated heterocycles. The van der Waals surface area contributed by atoms with Crippen molar-refractivity contribution in [2.45, 2.75) is 20.5 Å². The van der Waals surface area contributed by atoms with Crippen LogP contribution in [0.4, 0.5) is 13.2 Å². The lowest BCUT2D eigenvalue weighted by atomic mass is 10.1. The van der Waals surface area contributed by atoms with E-state index in [0.717, 1.165) is 10.7 Å². The molecule has 0 fully saturated rings. The van der Waals surface area contributed by atoms with Crippen LogP contribution in [-0.2, 0) is 11.9 Å². The molecule has 0 bridgehead atoms. The van der Waals surface area contributed by atoms with Crippen molar-refractivity contribution in [3.8, 4) is 28.0 Å². The summed E-state index contributed by atoms with van der Waals surface area (Å²) in [5.41, 5.74) is 0.161. The minimum atomic E-state index is -3.12. The smallest absolute Gasteiger partial charge is 0.388 e. The molecule has 13 heteroatoms. The maximum atomic E-state index is 14.6. The molecule has 1 aromatic carbocycles. The van der Waals surface area contributed by atoms with Crippen LogP contribution in [0.2, 0.25) is 10.0 Å². The first kappa shape index (κ1) is 23.2. The fourth-order valence-corrected chi connectivity index (χ4v) is 3.74. The highest BCUT2D eigenvalue weighted by Crippen LogP contribution is 2.42. The number of halogens is 5. The largest absolute Gasteiger partial charge is 0.443 e. The third-order valence-corrected chi connectivity index (χ3v) is 5.23. The first-order chi connectivity index (χ1) is 14.7. The van der Waals surface area contributed by atoms with Gasteiger partial charge in [-0.1, -0.05) is 39.7 Å².